The second-order valence-electron chi connectivity index (χ2n) is 9.26. The van der Waals surface area contributed by atoms with Crippen molar-refractivity contribution in [3.05, 3.63) is 89.7 Å². The van der Waals surface area contributed by atoms with E-state index < -0.39 is 12.4 Å². The number of amidine groups is 1. The van der Waals surface area contributed by atoms with Gasteiger partial charge in [0, 0.05) is 12.1 Å². The molecule has 42 heavy (non-hydrogen) atoms. The molecule has 1 aliphatic rings. The van der Waals surface area contributed by atoms with Gasteiger partial charge < -0.3 is 10.1 Å². The molecule has 13 heteroatoms. The maximum absolute atomic E-state index is 12.8. The van der Waals surface area contributed by atoms with Crippen LogP contribution >= 0.6 is 11.8 Å². The van der Waals surface area contributed by atoms with E-state index in [1.165, 1.54) is 51.9 Å². The average Bonchev–Trinajstić information content (AvgIpc) is 3.59. The third-order valence-electron chi connectivity index (χ3n) is 6.34. The summed E-state index contributed by atoms with van der Waals surface area (Å²) in [7, 11) is 0. The Balaban J connectivity index is 1.26. The summed E-state index contributed by atoms with van der Waals surface area (Å²) in [4.78, 5) is 35.5. The summed E-state index contributed by atoms with van der Waals surface area (Å²) >= 11 is 1.22. The van der Waals surface area contributed by atoms with Gasteiger partial charge in [-0.25, -0.2) is 14.5 Å². The number of nitrogens with one attached hydrogen (secondary N) is 1. The fourth-order valence-electron chi connectivity index (χ4n) is 4.43. The fourth-order valence-corrected chi connectivity index (χ4v) is 5.29. The van der Waals surface area contributed by atoms with Crippen molar-refractivity contribution in [3.8, 4) is 22.8 Å². The van der Waals surface area contributed by atoms with Crippen molar-refractivity contribution < 1.29 is 27.5 Å². The molecule has 4 aromatic rings. The minimum atomic E-state index is -4.77. The number of hydrogen-bond donors (Lipinski definition) is 1. The number of carbonyl (C=O) groups is 2. The lowest BCUT2D eigenvalue weighted by Gasteiger charge is -2.21. The van der Waals surface area contributed by atoms with Gasteiger partial charge in [0.2, 0.25) is 5.91 Å². The molecule has 9 nitrogen and oxygen atoms in total. The predicted octanol–water partition coefficient (Wildman–Crippen LogP) is 6.05. The van der Waals surface area contributed by atoms with E-state index in [1.54, 1.807) is 12.1 Å². The van der Waals surface area contributed by atoms with Crippen LogP contribution in [0.4, 0.5) is 23.7 Å². The number of aliphatic imine (C=N–C) groups is 1. The van der Waals surface area contributed by atoms with E-state index in [0.29, 0.717) is 22.2 Å². The molecule has 0 atom stereocenters. The van der Waals surface area contributed by atoms with Gasteiger partial charge in [-0.1, -0.05) is 55.1 Å². The number of hydrogen-bond acceptors (Lipinski definition) is 6. The molecule has 1 aliphatic heterocycles. The minimum Gasteiger partial charge on any atom is -0.406 e. The van der Waals surface area contributed by atoms with Gasteiger partial charge in [-0.2, -0.15) is 4.99 Å². The number of nitrogens with zero attached hydrogens (tertiary/aromatic N) is 5. The number of benzene rings is 3. The van der Waals surface area contributed by atoms with Crippen LogP contribution in [0, 0.1) is 6.92 Å². The SMILES string of the molecule is CCc1cccc(C)c1N1C(=O)CS/C1=N\C(=O)NCc1cccc(-c2ncn(-c3ccc(OC(F)(F)F)cc3)n2)c1. The zero-order chi connectivity index (χ0) is 29.9. The summed E-state index contributed by atoms with van der Waals surface area (Å²) in [6.45, 7) is 4.11. The van der Waals surface area contributed by atoms with Crippen molar-refractivity contribution in [2.45, 2.75) is 33.2 Å². The molecule has 0 bridgehead atoms. The molecule has 2 heterocycles. The van der Waals surface area contributed by atoms with Gasteiger partial charge in [-0.05, 0) is 60.4 Å². The van der Waals surface area contributed by atoms with Gasteiger partial charge in [0.1, 0.15) is 12.1 Å². The number of rotatable bonds is 7. The number of ether oxygens (including phenoxy) is 1. The molecule has 0 aliphatic carbocycles. The first-order valence-corrected chi connectivity index (χ1v) is 13.9. The molecule has 1 aromatic heterocycles. The van der Waals surface area contributed by atoms with Gasteiger partial charge in [0.05, 0.1) is 17.1 Å². The number of aryl methyl sites for hydroxylation is 2. The van der Waals surface area contributed by atoms with E-state index in [1.807, 2.05) is 44.2 Å². The molecular formula is C29H25F3N6O3S. The second-order valence-corrected chi connectivity index (χ2v) is 10.2. The average molecular weight is 595 g/mol. The van der Waals surface area contributed by atoms with Crippen LogP contribution in [0.3, 0.4) is 0 Å². The first-order valence-electron chi connectivity index (χ1n) is 12.9. The van der Waals surface area contributed by atoms with Gasteiger partial charge >= 0.3 is 12.4 Å². The predicted molar refractivity (Wildman–Crippen MR) is 154 cm³/mol. The summed E-state index contributed by atoms with van der Waals surface area (Å²) in [5, 5.41) is 7.53. The number of urea groups is 1. The van der Waals surface area contributed by atoms with Gasteiger partial charge in [-0.3, -0.25) is 9.69 Å². The molecule has 0 spiro atoms. The highest BCUT2D eigenvalue weighted by Gasteiger charge is 2.33. The van der Waals surface area contributed by atoms with Crippen molar-refractivity contribution in [3.63, 3.8) is 0 Å². The topological polar surface area (TPSA) is 102 Å². The van der Waals surface area contributed by atoms with Crippen LogP contribution in [-0.4, -0.2) is 44.0 Å². The number of thioether (sulfide) groups is 1. The number of alkyl halides is 3. The Bertz CT molecular complexity index is 1650. The highest BCUT2D eigenvalue weighted by atomic mass is 32.2. The lowest BCUT2D eigenvalue weighted by atomic mass is 10.0. The van der Waals surface area contributed by atoms with E-state index in [2.05, 4.69) is 25.1 Å². The normalized spacial score (nSPS) is 14.5. The number of anilines is 1. The summed E-state index contributed by atoms with van der Waals surface area (Å²) in [6.07, 6.45) is -2.59. The maximum Gasteiger partial charge on any atom is 0.573 e. The molecule has 1 saturated heterocycles. The highest BCUT2D eigenvalue weighted by Crippen LogP contribution is 2.33. The Morgan fingerprint density at radius 2 is 1.88 bits per heavy atom. The van der Waals surface area contributed by atoms with Crippen LogP contribution in [0.1, 0.15) is 23.6 Å². The number of carbonyl (C=O) groups excluding carboxylic acids is 2. The molecule has 0 saturated carbocycles. The number of para-hydroxylation sites is 1. The van der Waals surface area contributed by atoms with Crippen LogP contribution in [0.25, 0.3) is 17.1 Å². The van der Waals surface area contributed by atoms with Crippen LogP contribution in [0.15, 0.2) is 78.0 Å². The van der Waals surface area contributed by atoms with Gasteiger partial charge in [0.15, 0.2) is 11.0 Å². The first-order chi connectivity index (χ1) is 20.1. The largest absolute Gasteiger partial charge is 0.573 e. The summed E-state index contributed by atoms with van der Waals surface area (Å²) in [5.74, 6) is 0.135. The molecule has 216 valence electrons. The van der Waals surface area contributed by atoms with Crippen molar-refractivity contribution >= 4 is 34.6 Å². The standard InChI is InChI=1S/C29H25F3N6O3S/c1-3-20-8-4-6-18(2)25(20)38-24(39)16-42-28(38)35-27(40)33-15-19-7-5-9-21(14-19)26-34-17-37(36-26)22-10-12-23(13-11-22)41-29(30,31)32/h4-14,17H,3,15-16H2,1-2H3,(H,33,40)/b35-28-. The van der Waals surface area contributed by atoms with E-state index in [4.69, 9.17) is 0 Å². The van der Waals surface area contributed by atoms with Crippen molar-refractivity contribution in [1.82, 2.24) is 20.1 Å². The Hall–Kier alpha value is -4.65. The summed E-state index contributed by atoms with van der Waals surface area (Å²) in [6, 6.07) is 17.8. The minimum absolute atomic E-state index is 0.124. The lowest BCUT2D eigenvalue weighted by molar-refractivity contribution is -0.274. The number of amides is 3. The molecule has 5 rings (SSSR count). The van der Waals surface area contributed by atoms with E-state index in [-0.39, 0.29) is 24.0 Å². The second kappa shape index (κ2) is 12.1. The van der Waals surface area contributed by atoms with Crippen LogP contribution in [0.2, 0.25) is 0 Å². The van der Waals surface area contributed by atoms with Crippen LogP contribution in [-0.2, 0) is 17.8 Å². The fraction of sp³-hybridized carbons (Fsp3) is 0.207. The highest BCUT2D eigenvalue weighted by molar-refractivity contribution is 8.15. The van der Waals surface area contributed by atoms with E-state index in [9.17, 15) is 22.8 Å². The Kier molecular flexibility index (Phi) is 8.29. The molecule has 3 amide bonds. The summed E-state index contributed by atoms with van der Waals surface area (Å²) in [5.41, 5.74) is 4.65. The van der Waals surface area contributed by atoms with E-state index in [0.717, 1.165) is 28.8 Å². The molecule has 0 radical (unpaired) electrons. The third-order valence-corrected chi connectivity index (χ3v) is 7.27. The van der Waals surface area contributed by atoms with Gasteiger partial charge in [0.25, 0.3) is 0 Å². The first kappa shape index (κ1) is 28.9. The smallest absolute Gasteiger partial charge is 0.406 e. The third kappa shape index (κ3) is 6.62. The zero-order valence-electron chi connectivity index (χ0n) is 22.6. The summed E-state index contributed by atoms with van der Waals surface area (Å²) < 4.78 is 42.6. The number of aromatic nitrogens is 3. The molecule has 1 fully saturated rings. The number of halogens is 3. The lowest BCUT2D eigenvalue weighted by Crippen LogP contribution is -2.32. The zero-order valence-corrected chi connectivity index (χ0v) is 23.4. The Morgan fingerprint density at radius 3 is 2.62 bits per heavy atom. The quantitative estimate of drug-likeness (QED) is 0.280. The van der Waals surface area contributed by atoms with Crippen molar-refractivity contribution in [1.29, 1.82) is 0 Å². The Labute approximate surface area is 243 Å². The van der Waals surface area contributed by atoms with E-state index >= 15 is 0 Å². The maximum atomic E-state index is 12.8. The van der Waals surface area contributed by atoms with Crippen molar-refractivity contribution in [2.24, 2.45) is 4.99 Å². The van der Waals surface area contributed by atoms with Crippen LogP contribution in [0.5, 0.6) is 5.75 Å². The molecular weight excluding hydrogens is 569 g/mol. The van der Waals surface area contributed by atoms with Gasteiger partial charge in [-0.15, -0.1) is 18.3 Å². The monoisotopic (exact) mass is 594 g/mol. The molecule has 1 N–H and O–H groups in total. The Morgan fingerprint density at radius 1 is 1.12 bits per heavy atom. The van der Waals surface area contributed by atoms with Crippen LogP contribution < -0.4 is 15.0 Å². The van der Waals surface area contributed by atoms with Crippen molar-refractivity contribution in [2.75, 3.05) is 10.7 Å². The molecule has 0 unspecified atom stereocenters. The molecule has 3 aromatic carbocycles.